The van der Waals surface area contributed by atoms with Gasteiger partial charge >= 0.3 is 0 Å². The molecule has 0 bridgehead atoms. The molecule has 0 radical (unpaired) electrons. The van der Waals surface area contributed by atoms with Gasteiger partial charge in [-0.05, 0) is 72.1 Å². The zero-order chi connectivity index (χ0) is 14.5. The number of hydrogen-bond donors (Lipinski definition) is 0. The van der Waals surface area contributed by atoms with Gasteiger partial charge in [-0.3, -0.25) is 0 Å². The normalized spacial score (nSPS) is 10.5. The van der Waals surface area contributed by atoms with E-state index in [1.54, 1.807) is 12.3 Å². The van der Waals surface area contributed by atoms with Gasteiger partial charge in [0.1, 0.15) is 9.21 Å². The largest absolute Gasteiger partial charge is 0.248 e. The van der Waals surface area contributed by atoms with E-state index in [1.165, 1.54) is 12.3 Å². The third-order valence-corrected chi connectivity index (χ3v) is 4.32. The summed E-state index contributed by atoms with van der Waals surface area (Å²) in [4.78, 5) is 7.97. The fourth-order valence-corrected chi connectivity index (χ4v) is 2.20. The Morgan fingerprint density at radius 3 is 1.74 bits per heavy atom. The average Bonchev–Trinajstić information content (AvgIpc) is 2.33. The third-order valence-electron chi connectivity index (χ3n) is 1.82. The van der Waals surface area contributed by atoms with E-state index in [9.17, 15) is 8.42 Å². The van der Waals surface area contributed by atoms with Gasteiger partial charge in [0.25, 0.3) is 0 Å². The molecule has 0 aliphatic rings. The van der Waals surface area contributed by atoms with Crippen molar-refractivity contribution in [1.82, 2.24) is 9.97 Å². The van der Waals surface area contributed by atoms with Crippen molar-refractivity contribution in [2.75, 3.05) is 6.26 Å². The molecule has 0 N–H and O–H groups in total. The van der Waals surface area contributed by atoms with Crippen molar-refractivity contribution < 1.29 is 8.42 Å². The highest BCUT2D eigenvalue weighted by Crippen LogP contribution is 2.11. The van der Waals surface area contributed by atoms with Crippen LogP contribution in [0, 0.1) is 0 Å². The van der Waals surface area contributed by atoms with Crippen molar-refractivity contribution in [2.45, 2.75) is 4.90 Å². The van der Waals surface area contributed by atoms with Crippen LogP contribution in [0.15, 0.2) is 55.2 Å². The van der Waals surface area contributed by atoms with Crippen LogP contribution in [-0.4, -0.2) is 24.6 Å². The number of sulfone groups is 1. The molecule has 0 aliphatic heterocycles. The molecule has 102 valence electrons. The molecule has 0 fully saturated rings. The number of aromatic nitrogens is 2. The summed E-state index contributed by atoms with van der Waals surface area (Å²) in [6.45, 7) is 0. The maximum Gasteiger partial charge on any atom is 0.177 e. The lowest BCUT2D eigenvalue weighted by atomic mass is 10.5. The van der Waals surface area contributed by atoms with E-state index < -0.39 is 9.84 Å². The van der Waals surface area contributed by atoms with Crippen molar-refractivity contribution in [2.24, 2.45) is 0 Å². The van der Waals surface area contributed by atoms with E-state index in [1.807, 2.05) is 12.1 Å². The Bertz CT molecular complexity index is 607. The van der Waals surface area contributed by atoms with Crippen LogP contribution in [0.2, 0.25) is 0 Å². The molecule has 4 nitrogen and oxygen atoms in total. The van der Waals surface area contributed by atoms with Crippen molar-refractivity contribution in [1.29, 1.82) is 0 Å². The number of pyridine rings is 2. The maximum absolute atomic E-state index is 10.9. The van der Waals surface area contributed by atoms with E-state index in [2.05, 4.69) is 57.8 Å². The average molecular weight is 473 g/mol. The Hall–Kier alpha value is -0.310. The number of halogens is 3. The van der Waals surface area contributed by atoms with Crippen LogP contribution in [0.5, 0.6) is 0 Å². The number of hydrogen-bond acceptors (Lipinski definition) is 4. The summed E-state index contributed by atoms with van der Waals surface area (Å²) in [7, 11) is -3.10. The molecule has 0 saturated heterocycles. The molecule has 0 aliphatic carbocycles. The summed E-state index contributed by atoms with van der Waals surface area (Å²) >= 11 is 9.58. The minimum Gasteiger partial charge on any atom is -0.248 e. The van der Waals surface area contributed by atoms with Gasteiger partial charge in [-0.25, -0.2) is 18.4 Å². The predicted octanol–water partition coefficient (Wildman–Crippen LogP) is 3.85. The van der Waals surface area contributed by atoms with Gasteiger partial charge in [0, 0.05) is 23.1 Å². The molecule has 0 aromatic carbocycles. The predicted molar refractivity (Wildman–Crippen MR) is 84.7 cm³/mol. The molecular weight excluding hydrogens is 464 g/mol. The second kappa shape index (κ2) is 7.47. The molecular formula is C11H9Br3N2O2S. The van der Waals surface area contributed by atoms with Gasteiger partial charge in [-0.1, -0.05) is 0 Å². The molecule has 0 spiro atoms. The first-order valence-electron chi connectivity index (χ1n) is 4.87. The van der Waals surface area contributed by atoms with Crippen LogP contribution in [0.3, 0.4) is 0 Å². The van der Waals surface area contributed by atoms with Gasteiger partial charge in [0.15, 0.2) is 9.84 Å². The Labute approximate surface area is 137 Å². The minimum absolute atomic E-state index is 0.237. The van der Waals surface area contributed by atoms with Gasteiger partial charge in [-0.2, -0.15) is 0 Å². The second-order valence-electron chi connectivity index (χ2n) is 3.39. The fourth-order valence-electron chi connectivity index (χ4n) is 0.939. The summed E-state index contributed by atoms with van der Waals surface area (Å²) in [6.07, 6.45) is 4.21. The first kappa shape index (κ1) is 16.7. The van der Waals surface area contributed by atoms with E-state index in [4.69, 9.17) is 0 Å². The first-order valence-corrected chi connectivity index (χ1v) is 9.15. The van der Waals surface area contributed by atoms with Crippen molar-refractivity contribution in [3.8, 4) is 0 Å². The summed E-state index contributed by atoms with van der Waals surface area (Å²) in [6, 6.07) is 6.91. The van der Waals surface area contributed by atoms with E-state index in [0.29, 0.717) is 4.60 Å². The molecule has 0 amide bonds. The quantitative estimate of drug-likeness (QED) is 0.591. The number of nitrogens with zero attached hydrogens (tertiary/aromatic N) is 2. The smallest absolute Gasteiger partial charge is 0.177 e. The zero-order valence-electron chi connectivity index (χ0n) is 9.72. The molecule has 8 heteroatoms. The van der Waals surface area contributed by atoms with Crippen LogP contribution in [0.1, 0.15) is 0 Å². The Kier molecular flexibility index (Phi) is 6.58. The van der Waals surface area contributed by atoms with Crippen LogP contribution in [0.4, 0.5) is 0 Å². The van der Waals surface area contributed by atoms with Crippen LogP contribution in [-0.2, 0) is 9.84 Å². The highest BCUT2D eigenvalue weighted by atomic mass is 79.9. The van der Waals surface area contributed by atoms with Gasteiger partial charge < -0.3 is 0 Å². The van der Waals surface area contributed by atoms with Gasteiger partial charge in [-0.15, -0.1) is 0 Å². The molecule has 2 aromatic heterocycles. The Balaban J connectivity index is 0.000000200. The highest BCUT2D eigenvalue weighted by molar-refractivity contribution is 9.11. The van der Waals surface area contributed by atoms with E-state index in [-0.39, 0.29) is 4.90 Å². The molecule has 19 heavy (non-hydrogen) atoms. The minimum atomic E-state index is -3.10. The topological polar surface area (TPSA) is 59.9 Å². The van der Waals surface area contributed by atoms with E-state index in [0.717, 1.165) is 15.3 Å². The lowest BCUT2D eigenvalue weighted by Gasteiger charge is -1.95. The third kappa shape index (κ3) is 6.60. The van der Waals surface area contributed by atoms with Crippen LogP contribution >= 0.6 is 47.8 Å². The molecule has 2 rings (SSSR count). The highest BCUT2D eigenvalue weighted by Gasteiger charge is 2.05. The van der Waals surface area contributed by atoms with Crippen LogP contribution < -0.4 is 0 Å². The van der Waals surface area contributed by atoms with Crippen LogP contribution in [0.25, 0.3) is 0 Å². The summed E-state index contributed by atoms with van der Waals surface area (Å²) < 4.78 is 24.3. The SMILES string of the molecule is Brc1ccc(Br)nc1.CS(=O)(=O)c1ccc(Br)nc1. The summed E-state index contributed by atoms with van der Waals surface area (Å²) in [5.74, 6) is 0. The Morgan fingerprint density at radius 1 is 0.895 bits per heavy atom. The lowest BCUT2D eigenvalue weighted by molar-refractivity contribution is 0.601. The molecule has 2 aromatic rings. The Morgan fingerprint density at radius 2 is 1.42 bits per heavy atom. The van der Waals surface area contributed by atoms with Gasteiger partial charge in [0.05, 0.1) is 4.90 Å². The first-order chi connectivity index (χ1) is 8.79. The second-order valence-corrected chi connectivity index (χ2v) is 7.94. The van der Waals surface area contributed by atoms with Crippen molar-refractivity contribution >= 4 is 57.6 Å². The molecule has 2 heterocycles. The van der Waals surface area contributed by atoms with E-state index >= 15 is 0 Å². The maximum atomic E-state index is 10.9. The summed E-state index contributed by atoms with van der Waals surface area (Å²) in [5.41, 5.74) is 0. The summed E-state index contributed by atoms with van der Waals surface area (Å²) in [5, 5.41) is 0. The monoisotopic (exact) mass is 470 g/mol. The number of rotatable bonds is 1. The molecule has 0 saturated carbocycles. The van der Waals surface area contributed by atoms with Gasteiger partial charge in [0.2, 0.25) is 0 Å². The van der Waals surface area contributed by atoms with Crippen molar-refractivity contribution in [3.63, 3.8) is 0 Å². The standard InChI is InChI=1S/C6H6BrNO2S.C5H3Br2N/c1-11(9,10)5-2-3-6(7)8-4-5;6-4-1-2-5(7)8-3-4/h2-4H,1H3;1-3H. The molecule has 0 unspecified atom stereocenters. The van der Waals surface area contributed by atoms with Crippen molar-refractivity contribution in [3.05, 3.63) is 50.3 Å². The lowest BCUT2D eigenvalue weighted by Crippen LogP contribution is -1.96. The molecule has 0 atom stereocenters. The fraction of sp³-hybridized carbons (Fsp3) is 0.0909. The zero-order valence-corrected chi connectivity index (χ0v) is 15.3.